The zero-order valence-electron chi connectivity index (χ0n) is 11.1. The fourth-order valence-corrected chi connectivity index (χ4v) is 1.57. The molecular weight excluding hydrogens is 250 g/mol. The van der Waals surface area contributed by atoms with Gasteiger partial charge in [-0.25, -0.2) is 8.78 Å². The second kappa shape index (κ2) is 5.09. The van der Waals surface area contributed by atoms with Crippen LogP contribution in [0.1, 0.15) is 26.5 Å². The summed E-state index contributed by atoms with van der Waals surface area (Å²) in [6.07, 6.45) is 0. The molecule has 2 rings (SSSR count). The van der Waals surface area contributed by atoms with Crippen LogP contribution >= 0.6 is 0 Å². The van der Waals surface area contributed by atoms with E-state index in [9.17, 15) is 8.78 Å². The molecule has 102 valence electrons. The standard InChI is InChI=1S/C14H16F2N2O/c1-14(2,3)17-8-10-7-13(19-18-10)11-5-4-9(15)6-12(11)16/h4-7,17H,8H2,1-3H3. The van der Waals surface area contributed by atoms with Crippen LogP contribution in [0.25, 0.3) is 11.3 Å². The van der Waals surface area contributed by atoms with Crippen molar-refractivity contribution in [1.29, 1.82) is 0 Å². The topological polar surface area (TPSA) is 38.1 Å². The molecule has 0 radical (unpaired) electrons. The number of aromatic nitrogens is 1. The zero-order valence-corrected chi connectivity index (χ0v) is 11.1. The van der Waals surface area contributed by atoms with Gasteiger partial charge >= 0.3 is 0 Å². The van der Waals surface area contributed by atoms with Crippen LogP contribution in [0, 0.1) is 11.6 Å². The van der Waals surface area contributed by atoms with Crippen LogP contribution < -0.4 is 5.32 Å². The van der Waals surface area contributed by atoms with E-state index in [0.29, 0.717) is 18.0 Å². The predicted octanol–water partition coefficient (Wildman–Crippen LogP) is 3.51. The van der Waals surface area contributed by atoms with E-state index in [-0.39, 0.29) is 11.1 Å². The molecule has 2 aromatic rings. The van der Waals surface area contributed by atoms with Gasteiger partial charge in [0.1, 0.15) is 11.6 Å². The largest absolute Gasteiger partial charge is 0.356 e. The highest BCUT2D eigenvalue weighted by molar-refractivity contribution is 5.58. The number of nitrogens with zero attached hydrogens (tertiary/aromatic N) is 1. The maximum atomic E-state index is 13.6. The molecule has 0 saturated heterocycles. The Labute approximate surface area is 110 Å². The van der Waals surface area contributed by atoms with Crippen LogP contribution in [0.2, 0.25) is 0 Å². The molecule has 0 spiro atoms. The molecular formula is C14H16F2N2O. The van der Waals surface area contributed by atoms with Crippen LogP contribution in [-0.4, -0.2) is 10.7 Å². The van der Waals surface area contributed by atoms with Crippen molar-refractivity contribution in [3.05, 3.63) is 41.6 Å². The van der Waals surface area contributed by atoms with Crippen LogP contribution in [0.15, 0.2) is 28.8 Å². The molecule has 0 atom stereocenters. The number of halogens is 2. The summed E-state index contributed by atoms with van der Waals surface area (Å²) in [6.45, 7) is 6.63. The van der Waals surface area contributed by atoms with Gasteiger partial charge in [0.2, 0.25) is 0 Å². The Morgan fingerprint density at radius 3 is 2.58 bits per heavy atom. The molecule has 19 heavy (non-hydrogen) atoms. The first-order valence-electron chi connectivity index (χ1n) is 6.01. The fourth-order valence-electron chi connectivity index (χ4n) is 1.57. The van der Waals surface area contributed by atoms with E-state index in [2.05, 4.69) is 10.5 Å². The zero-order chi connectivity index (χ0) is 14.0. The third-order valence-corrected chi connectivity index (χ3v) is 2.56. The van der Waals surface area contributed by atoms with Gasteiger partial charge in [0.05, 0.1) is 11.3 Å². The molecule has 0 saturated carbocycles. The maximum Gasteiger partial charge on any atom is 0.170 e. The van der Waals surface area contributed by atoms with Crippen molar-refractivity contribution in [3.63, 3.8) is 0 Å². The number of benzene rings is 1. The minimum Gasteiger partial charge on any atom is -0.356 e. The Hall–Kier alpha value is -1.75. The van der Waals surface area contributed by atoms with E-state index in [4.69, 9.17) is 4.52 Å². The van der Waals surface area contributed by atoms with Gasteiger partial charge in [-0.3, -0.25) is 0 Å². The molecule has 1 N–H and O–H groups in total. The van der Waals surface area contributed by atoms with E-state index in [1.807, 2.05) is 20.8 Å². The lowest BCUT2D eigenvalue weighted by Crippen LogP contribution is -2.35. The smallest absolute Gasteiger partial charge is 0.170 e. The Morgan fingerprint density at radius 2 is 1.95 bits per heavy atom. The maximum absolute atomic E-state index is 13.6. The van der Waals surface area contributed by atoms with Gasteiger partial charge in [0.15, 0.2) is 5.76 Å². The monoisotopic (exact) mass is 266 g/mol. The lowest BCUT2D eigenvalue weighted by molar-refractivity contribution is 0.391. The highest BCUT2D eigenvalue weighted by Crippen LogP contribution is 2.24. The molecule has 3 nitrogen and oxygen atoms in total. The Kier molecular flexibility index (Phi) is 3.66. The SMILES string of the molecule is CC(C)(C)NCc1cc(-c2ccc(F)cc2F)on1. The summed E-state index contributed by atoms with van der Waals surface area (Å²) < 4.78 is 31.5. The Morgan fingerprint density at radius 1 is 1.21 bits per heavy atom. The first-order valence-corrected chi connectivity index (χ1v) is 6.01. The molecule has 0 bridgehead atoms. The molecule has 0 unspecified atom stereocenters. The predicted molar refractivity (Wildman–Crippen MR) is 68.4 cm³/mol. The van der Waals surface area contributed by atoms with E-state index < -0.39 is 11.6 Å². The summed E-state index contributed by atoms with van der Waals surface area (Å²) in [5, 5.41) is 7.11. The van der Waals surface area contributed by atoms with Gasteiger partial charge in [-0.1, -0.05) is 5.16 Å². The summed E-state index contributed by atoms with van der Waals surface area (Å²) in [5.41, 5.74) is 0.838. The van der Waals surface area contributed by atoms with Crippen LogP contribution in [0.5, 0.6) is 0 Å². The highest BCUT2D eigenvalue weighted by atomic mass is 19.1. The molecule has 0 aliphatic carbocycles. The van der Waals surface area contributed by atoms with Gasteiger partial charge in [-0.05, 0) is 32.9 Å². The lowest BCUT2D eigenvalue weighted by atomic mass is 10.1. The van der Waals surface area contributed by atoms with E-state index in [1.54, 1.807) is 6.07 Å². The molecule has 0 aliphatic heterocycles. The normalized spacial score (nSPS) is 11.8. The molecule has 1 aromatic heterocycles. The van der Waals surface area contributed by atoms with E-state index in [0.717, 1.165) is 6.07 Å². The minimum absolute atomic E-state index is 0.0414. The van der Waals surface area contributed by atoms with Crippen LogP contribution in [-0.2, 0) is 6.54 Å². The Balaban J connectivity index is 2.16. The van der Waals surface area contributed by atoms with Crippen molar-refractivity contribution in [2.75, 3.05) is 0 Å². The molecule has 0 amide bonds. The van der Waals surface area contributed by atoms with Gasteiger partial charge < -0.3 is 9.84 Å². The summed E-state index contributed by atoms with van der Waals surface area (Å²) in [6, 6.07) is 5.00. The van der Waals surface area contributed by atoms with Crippen molar-refractivity contribution in [2.45, 2.75) is 32.9 Å². The van der Waals surface area contributed by atoms with Crippen LogP contribution in [0.4, 0.5) is 8.78 Å². The number of nitrogens with one attached hydrogen (secondary N) is 1. The molecule has 5 heteroatoms. The third-order valence-electron chi connectivity index (χ3n) is 2.56. The quantitative estimate of drug-likeness (QED) is 0.923. The summed E-state index contributed by atoms with van der Waals surface area (Å²) in [5.74, 6) is -0.981. The summed E-state index contributed by atoms with van der Waals surface area (Å²) in [7, 11) is 0. The number of hydrogen-bond acceptors (Lipinski definition) is 3. The van der Waals surface area contributed by atoms with Crippen molar-refractivity contribution in [3.8, 4) is 11.3 Å². The summed E-state index contributed by atoms with van der Waals surface area (Å²) in [4.78, 5) is 0. The lowest BCUT2D eigenvalue weighted by Gasteiger charge is -2.19. The van der Waals surface area contributed by atoms with Crippen molar-refractivity contribution in [1.82, 2.24) is 10.5 Å². The first-order chi connectivity index (χ1) is 8.85. The number of rotatable bonds is 3. The molecule has 1 aromatic carbocycles. The van der Waals surface area contributed by atoms with Gasteiger partial charge in [-0.15, -0.1) is 0 Å². The van der Waals surface area contributed by atoms with Crippen LogP contribution in [0.3, 0.4) is 0 Å². The number of hydrogen-bond donors (Lipinski definition) is 1. The summed E-state index contributed by atoms with van der Waals surface area (Å²) >= 11 is 0. The fraction of sp³-hybridized carbons (Fsp3) is 0.357. The Bertz CT molecular complexity index is 573. The molecule has 1 heterocycles. The average Bonchev–Trinajstić information content (AvgIpc) is 2.74. The molecule has 0 fully saturated rings. The van der Waals surface area contributed by atoms with E-state index >= 15 is 0 Å². The second-order valence-electron chi connectivity index (χ2n) is 5.41. The van der Waals surface area contributed by atoms with Crippen molar-refractivity contribution < 1.29 is 13.3 Å². The van der Waals surface area contributed by atoms with Gasteiger partial charge in [0, 0.05) is 24.2 Å². The van der Waals surface area contributed by atoms with Gasteiger partial charge in [0.25, 0.3) is 0 Å². The average molecular weight is 266 g/mol. The van der Waals surface area contributed by atoms with Crippen molar-refractivity contribution in [2.24, 2.45) is 0 Å². The minimum atomic E-state index is -0.661. The third kappa shape index (κ3) is 3.61. The molecule has 0 aliphatic rings. The second-order valence-corrected chi connectivity index (χ2v) is 5.41. The van der Waals surface area contributed by atoms with Gasteiger partial charge in [-0.2, -0.15) is 0 Å². The highest BCUT2D eigenvalue weighted by Gasteiger charge is 2.14. The van der Waals surface area contributed by atoms with E-state index in [1.165, 1.54) is 12.1 Å². The van der Waals surface area contributed by atoms with Crippen molar-refractivity contribution >= 4 is 0 Å². The first kappa shape index (κ1) is 13.7.